The Kier molecular flexibility index (Phi) is 3.89. The molecule has 0 unspecified atom stereocenters. The van der Waals surface area contributed by atoms with Crippen molar-refractivity contribution >= 4 is 22.2 Å². The Bertz CT molecular complexity index is 866. The molecule has 0 atom stereocenters. The standard InChI is InChI=1S/C16H17N5O2S/c1-23-12-6-4-11(5-7-12)15(22)17-9-8-13-20-21-14(10-2-3-10)18-19-16(21)24-13/h4-7,10H,2-3,8-9H2,1H3,(H,17,22). The van der Waals surface area contributed by atoms with E-state index in [4.69, 9.17) is 4.74 Å². The first-order chi connectivity index (χ1) is 11.7. The van der Waals surface area contributed by atoms with Gasteiger partial charge < -0.3 is 10.1 Å². The summed E-state index contributed by atoms with van der Waals surface area (Å²) < 4.78 is 6.94. The van der Waals surface area contributed by atoms with Gasteiger partial charge >= 0.3 is 0 Å². The lowest BCUT2D eigenvalue weighted by Gasteiger charge is -2.05. The number of ether oxygens (including phenoxy) is 1. The Balaban J connectivity index is 1.35. The van der Waals surface area contributed by atoms with E-state index in [0.29, 0.717) is 24.4 Å². The lowest BCUT2D eigenvalue weighted by molar-refractivity contribution is 0.0954. The van der Waals surface area contributed by atoms with Gasteiger partial charge in [0.15, 0.2) is 5.82 Å². The number of fused-ring (bicyclic) bond motifs is 1. The monoisotopic (exact) mass is 343 g/mol. The molecule has 8 heteroatoms. The van der Waals surface area contributed by atoms with Gasteiger partial charge in [0.05, 0.1) is 7.11 Å². The second-order valence-electron chi connectivity index (χ2n) is 5.76. The van der Waals surface area contributed by atoms with Gasteiger partial charge in [-0.25, -0.2) is 0 Å². The molecule has 0 saturated heterocycles. The van der Waals surface area contributed by atoms with Crippen molar-refractivity contribution in [3.63, 3.8) is 0 Å². The minimum atomic E-state index is -0.0978. The maximum Gasteiger partial charge on any atom is 0.251 e. The average molecular weight is 343 g/mol. The van der Waals surface area contributed by atoms with E-state index >= 15 is 0 Å². The number of methoxy groups -OCH3 is 1. The van der Waals surface area contributed by atoms with E-state index in [1.807, 2.05) is 4.52 Å². The Labute approximate surface area is 142 Å². The van der Waals surface area contributed by atoms with Crippen LogP contribution in [-0.2, 0) is 6.42 Å². The van der Waals surface area contributed by atoms with Crippen molar-refractivity contribution in [2.75, 3.05) is 13.7 Å². The largest absolute Gasteiger partial charge is 0.497 e. The number of hydrogen-bond donors (Lipinski definition) is 1. The van der Waals surface area contributed by atoms with Crippen molar-refractivity contribution in [2.24, 2.45) is 0 Å². The molecule has 1 N–H and O–H groups in total. The molecule has 1 aromatic carbocycles. The van der Waals surface area contributed by atoms with Gasteiger partial charge in [-0.1, -0.05) is 11.3 Å². The van der Waals surface area contributed by atoms with Crippen LogP contribution in [0, 0.1) is 0 Å². The number of nitrogens with zero attached hydrogens (tertiary/aromatic N) is 4. The zero-order valence-electron chi connectivity index (χ0n) is 13.2. The quantitative estimate of drug-likeness (QED) is 0.741. The molecule has 1 amide bonds. The predicted octanol–water partition coefficient (Wildman–Crippen LogP) is 2.04. The molecule has 124 valence electrons. The van der Waals surface area contributed by atoms with Gasteiger partial charge in [0.2, 0.25) is 4.96 Å². The predicted molar refractivity (Wildman–Crippen MR) is 89.7 cm³/mol. The van der Waals surface area contributed by atoms with Crippen LogP contribution >= 0.6 is 11.3 Å². The number of aromatic nitrogens is 4. The van der Waals surface area contributed by atoms with Crippen molar-refractivity contribution in [2.45, 2.75) is 25.2 Å². The minimum Gasteiger partial charge on any atom is -0.497 e. The first-order valence-electron chi connectivity index (χ1n) is 7.88. The van der Waals surface area contributed by atoms with Gasteiger partial charge in [-0.3, -0.25) is 4.79 Å². The van der Waals surface area contributed by atoms with E-state index in [1.165, 1.54) is 24.2 Å². The fourth-order valence-corrected chi connectivity index (χ4v) is 3.34. The van der Waals surface area contributed by atoms with Gasteiger partial charge in [-0.05, 0) is 37.1 Å². The first-order valence-corrected chi connectivity index (χ1v) is 8.69. The third-order valence-corrected chi connectivity index (χ3v) is 4.93. The topological polar surface area (TPSA) is 81.4 Å². The molecule has 7 nitrogen and oxygen atoms in total. The zero-order valence-corrected chi connectivity index (χ0v) is 14.0. The smallest absolute Gasteiger partial charge is 0.251 e. The molecule has 2 heterocycles. The number of carbonyl (C=O) groups is 1. The van der Waals surface area contributed by atoms with E-state index in [9.17, 15) is 4.79 Å². The van der Waals surface area contributed by atoms with Crippen molar-refractivity contribution in [1.82, 2.24) is 25.1 Å². The lowest BCUT2D eigenvalue weighted by atomic mass is 10.2. The Morgan fingerprint density at radius 2 is 2.12 bits per heavy atom. The van der Waals surface area contributed by atoms with E-state index in [2.05, 4.69) is 20.6 Å². The number of hydrogen-bond acceptors (Lipinski definition) is 6. The highest BCUT2D eigenvalue weighted by molar-refractivity contribution is 7.16. The van der Waals surface area contributed by atoms with Gasteiger partial charge in [0, 0.05) is 24.4 Å². The number of amides is 1. The van der Waals surface area contributed by atoms with Crippen LogP contribution in [0.2, 0.25) is 0 Å². The summed E-state index contributed by atoms with van der Waals surface area (Å²) in [5.41, 5.74) is 0.616. The van der Waals surface area contributed by atoms with Crippen LogP contribution in [0.4, 0.5) is 0 Å². The van der Waals surface area contributed by atoms with Gasteiger partial charge in [0.1, 0.15) is 10.8 Å². The summed E-state index contributed by atoms with van der Waals surface area (Å²) >= 11 is 1.53. The second kappa shape index (κ2) is 6.20. The summed E-state index contributed by atoms with van der Waals surface area (Å²) in [6.45, 7) is 0.535. The molecule has 0 spiro atoms. The summed E-state index contributed by atoms with van der Waals surface area (Å²) in [6.07, 6.45) is 3.02. The summed E-state index contributed by atoms with van der Waals surface area (Å²) in [4.78, 5) is 12.9. The summed E-state index contributed by atoms with van der Waals surface area (Å²) in [7, 11) is 1.60. The fraction of sp³-hybridized carbons (Fsp3) is 0.375. The average Bonchev–Trinajstić information content (AvgIpc) is 3.25. The maximum atomic E-state index is 12.1. The number of carbonyl (C=O) groups excluding carboxylic acids is 1. The molecule has 0 bridgehead atoms. The molecule has 3 aromatic rings. The Hall–Kier alpha value is -2.48. The molecule has 4 rings (SSSR count). The fourth-order valence-electron chi connectivity index (χ4n) is 2.50. The van der Waals surface area contributed by atoms with Crippen LogP contribution in [0.5, 0.6) is 5.75 Å². The molecule has 2 aromatic heterocycles. The molecule has 1 fully saturated rings. The number of rotatable bonds is 6. The van der Waals surface area contributed by atoms with Crippen molar-refractivity contribution in [3.8, 4) is 5.75 Å². The number of benzene rings is 1. The molecule has 0 radical (unpaired) electrons. The highest BCUT2D eigenvalue weighted by Gasteiger charge is 2.29. The third kappa shape index (κ3) is 2.96. The van der Waals surface area contributed by atoms with Crippen LogP contribution in [0.25, 0.3) is 4.96 Å². The molecule has 1 aliphatic carbocycles. The SMILES string of the molecule is COc1ccc(C(=O)NCCc2nn3c(C4CC4)nnc3s2)cc1. The Morgan fingerprint density at radius 1 is 1.33 bits per heavy atom. The van der Waals surface area contributed by atoms with Crippen LogP contribution in [0.15, 0.2) is 24.3 Å². The Morgan fingerprint density at radius 3 is 2.83 bits per heavy atom. The lowest BCUT2D eigenvalue weighted by Crippen LogP contribution is -2.25. The van der Waals surface area contributed by atoms with Crippen molar-refractivity contribution in [1.29, 1.82) is 0 Å². The maximum absolute atomic E-state index is 12.1. The van der Waals surface area contributed by atoms with E-state index in [1.54, 1.807) is 31.4 Å². The zero-order chi connectivity index (χ0) is 16.5. The summed E-state index contributed by atoms with van der Waals surface area (Å²) in [5, 5.41) is 16.8. The van der Waals surface area contributed by atoms with Gasteiger partial charge in [0.25, 0.3) is 5.91 Å². The van der Waals surface area contributed by atoms with Gasteiger partial charge in [-0.15, -0.1) is 10.2 Å². The van der Waals surface area contributed by atoms with Crippen LogP contribution < -0.4 is 10.1 Å². The summed E-state index contributed by atoms with van der Waals surface area (Å²) in [6, 6.07) is 7.05. The van der Waals surface area contributed by atoms with E-state index in [0.717, 1.165) is 21.5 Å². The highest BCUT2D eigenvalue weighted by Crippen LogP contribution is 2.39. The first kappa shape index (κ1) is 15.1. The van der Waals surface area contributed by atoms with Crippen molar-refractivity contribution < 1.29 is 9.53 Å². The van der Waals surface area contributed by atoms with Crippen LogP contribution in [0.1, 0.15) is 39.9 Å². The third-order valence-electron chi connectivity index (χ3n) is 3.98. The molecule has 0 aliphatic heterocycles. The van der Waals surface area contributed by atoms with E-state index < -0.39 is 0 Å². The second-order valence-corrected chi connectivity index (χ2v) is 6.80. The highest BCUT2D eigenvalue weighted by atomic mass is 32.1. The number of nitrogens with one attached hydrogen (secondary N) is 1. The van der Waals surface area contributed by atoms with E-state index in [-0.39, 0.29) is 5.91 Å². The van der Waals surface area contributed by atoms with Gasteiger partial charge in [-0.2, -0.15) is 9.61 Å². The molecule has 1 saturated carbocycles. The molecular weight excluding hydrogens is 326 g/mol. The minimum absolute atomic E-state index is 0.0978. The molecule has 24 heavy (non-hydrogen) atoms. The molecule has 1 aliphatic rings. The normalized spacial score (nSPS) is 14.0. The van der Waals surface area contributed by atoms with Crippen molar-refractivity contribution in [3.05, 3.63) is 40.7 Å². The molecular formula is C16H17N5O2S. The summed E-state index contributed by atoms with van der Waals surface area (Å²) in [5.74, 6) is 2.12. The van der Waals surface area contributed by atoms with Crippen LogP contribution in [0.3, 0.4) is 0 Å². The van der Waals surface area contributed by atoms with Crippen LogP contribution in [-0.4, -0.2) is 39.4 Å².